The summed E-state index contributed by atoms with van der Waals surface area (Å²) in [4.78, 5) is 26.2. The average molecular weight is 286 g/mol. The zero-order chi connectivity index (χ0) is 14.8. The van der Waals surface area contributed by atoms with E-state index >= 15 is 0 Å². The predicted octanol–water partition coefficient (Wildman–Crippen LogP) is 3.03. The Bertz CT molecular complexity index is 714. The van der Waals surface area contributed by atoms with Gasteiger partial charge in [0.2, 0.25) is 0 Å². The second kappa shape index (κ2) is 5.47. The minimum Gasteiger partial charge on any atom is -0.489 e. The number of hydrogen-bond acceptors (Lipinski definition) is 5. The van der Waals surface area contributed by atoms with E-state index in [0.717, 1.165) is 12.8 Å². The molecular formula is C15H14N2O4. The maximum atomic E-state index is 11.5. The summed E-state index contributed by atoms with van der Waals surface area (Å²) in [5, 5.41) is 11.6. The van der Waals surface area contributed by atoms with Gasteiger partial charge in [-0.2, -0.15) is 0 Å². The van der Waals surface area contributed by atoms with Crippen LogP contribution in [-0.4, -0.2) is 21.8 Å². The number of ketones is 1. The SMILES string of the molecule is O=C1CCCC(Oc2ccc([N+](=O)[O-])c3ncccc23)C1. The smallest absolute Gasteiger partial charge is 0.295 e. The van der Waals surface area contributed by atoms with E-state index in [1.54, 1.807) is 18.2 Å². The van der Waals surface area contributed by atoms with E-state index < -0.39 is 4.92 Å². The fourth-order valence-electron chi connectivity index (χ4n) is 2.65. The summed E-state index contributed by atoms with van der Waals surface area (Å²) < 4.78 is 5.89. The number of benzene rings is 1. The first-order valence-electron chi connectivity index (χ1n) is 6.85. The molecule has 0 radical (unpaired) electrons. The van der Waals surface area contributed by atoms with Crippen LogP contribution in [0.4, 0.5) is 5.69 Å². The number of nitro benzene ring substituents is 1. The van der Waals surface area contributed by atoms with Crippen LogP contribution < -0.4 is 4.74 Å². The number of carbonyl (C=O) groups is 1. The molecule has 1 atom stereocenters. The number of hydrogen-bond donors (Lipinski definition) is 0. The van der Waals surface area contributed by atoms with Gasteiger partial charge < -0.3 is 4.74 Å². The Hall–Kier alpha value is -2.50. The maximum Gasteiger partial charge on any atom is 0.295 e. The molecule has 1 aliphatic carbocycles. The molecule has 0 amide bonds. The highest BCUT2D eigenvalue weighted by Gasteiger charge is 2.23. The fourth-order valence-corrected chi connectivity index (χ4v) is 2.65. The molecule has 0 N–H and O–H groups in total. The molecule has 0 saturated heterocycles. The van der Waals surface area contributed by atoms with Crippen molar-refractivity contribution < 1.29 is 14.5 Å². The molecule has 108 valence electrons. The lowest BCUT2D eigenvalue weighted by Gasteiger charge is -2.22. The molecule has 0 aliphatic heterocycles. The highest BCUT2D eigenvalue weighted by atomic mass is 16.6. The van der Waals surface area contributed by atoms with E-state index in [-0.39, 0.29) is 17.6 Å². The number of non-ortho nitro benzene ring substituents is 1. The summed E-state index contributed by atoms with van der Waals surface area (Å²) in [5.41, 5.74) is 0.264. The number of fused-ring (bicyclic) bond motifs is 1. The Morgan fingerprint density at radius 3 is 2.95 bits per heavy atom. The van der Waals surface area contributed by atoms with Crippen molar-refractivity contribution in [3.63, 3.8) is 0 Å². The first-order chi connectivity index (χ1) is 10.1. The highest BCUT2D eigenvalue weighted by molar-refractivity contribution is 5.92. The topological polar surface area (TPSA) is 82.3 Å². The van der Waals surface area contributed by atoms with E-state index in [2.05, 4.69) is 4.98 Å². The molecule has 1 unspecified atom stereocenters. The lowest BCUT2D eigenvalue weighted by Crippen LogP contribution is -2.25. The summed E-state index contributed by atoms with van der Waals surface area (Å²) >= 11 is 0. The lowest BCUT2D eigenvalue weighted by atomic mass is 9.96. The quantitative estimate of drug-likeness (QED) is 0.639. The van der Waals surface area contributed by atoms with Gasteiger partial charge in [-0.05, 0) is 31.0 Å². The Balaban J connectivity index is 1.98. The van der Waals surface area contributed by atoms with Crippen molar-refractivity contribution in [3.05, 3.63) is 40.6 Å². The molecule has 6 nitrogen and oxygen atoms in total. The second-order valence-corrected chi connectivity index (χ2v) is 5.11. The first kappa shape index (κ1) is 13.5. The lowest BCUT2D eigenvalue weighted by molar-refractivity contribution is -0.383. The fraction of sp³-hybridized carbons (Fsp3) is 0.333. The van der Waals surface area contributed by atoms with E-state index in [1.165, 1.54) is 12.3 Å². The molecule has 1 aromatic heterocycles. The van der Waals surface area contributed by atoms with Crippen LogP contribution in [-0.2, 0) is 4.79 Å². The number of Topliss-reactive ketones (excluding diaryl/α,β-unsaturated/α-hetero) is 1. The van der Waals surface area contributed by atoms with Crippen molar-refractivity contribution in [3.8, 4) is 5.75 Å². The zero-order valence-electron chi connectivity index (χ0n) is 11.3. The zero-order valence-corrected chi connectivity index (χ0v) is 11.3. The van der Waals surface area contributed by atoms with Gasteiger partial charge >= 0.3 is 0 Å². The Morgan fingerprint density at radius 1 is 1.33 bits per heavy atom. The monoisotopic (exact) mass is 286 g/mol. The third-order valence-electron chi connectivity index (χ3n) is 3.64. The van der Waals surface area contributed by atoms with Crippen LogP contribution in [0.5, 0.6) is 5.75 Å². The van der Waals surface area contributed by atoms with Crippen LogP contribution in [0.25, 0.3) is 10.9 Å². The predicted molar refractivity (Wildman–Crippen MR) is 76.3 cm³/mol. The third-order valence-corrected chi connectivity index (χ3v) is 3.64. The third kappa shape index (κ3) is 2.69. The van der Waals surface area contributed by atoms with Gasteiger partial charge in [-0.3, -0.25) is 14.9 Å². The summed E-state index contributed by atoms with van der Waals surface area (Å²) in [6, 6.07) is 6.44. The minimum absolute atomic E-state index is 0.0438. The van der Waals surface area contributed by atoms with Gasteiger partial charge in [0.1, 0.15) is 17.6 Å². The van der Waals surface area contributed by atoms with Gasteiger partial charge in [-0.1, -0.05) is 0 Å². The molecule has 1 saturated carbocycles. The summed E-state index contributed by atoms with van der Waals surface area (Å²) in [5.74, 6) is 0.749. The van der Waals surface area contributed by atoms with Gasteiger partial charge in [-0.25, -0.2) is 4.98 Å². The summed E-state index contributed by atoms with van der Waals surface area (Å²) in [6.45, 7) is 0. The standard InChI is InChI=1S/C15H14N2O4/c18-10-3-1-4-11(9-10)21-14-7-6-13(17(19)20)15-12(14)5-2-8-16-15/h2,5-8,11H,1,3-4,9H2. The Labute approximate surface area is 120 Å². The number of nitrogens with zero attached hydrogens (tertiary/aromatic N) is 2. The minimum atomic E-state index is -0.455. The molecule has 0 spiro atoms. The van der Waals surface area contributed by atoms with Gasteiger partial charge in [0.25, 0.3) is 5.69 Å². The maximum absolute atomic E-state index is 11.5. The van der Waals surface area contributed by atoms with Crippen LogP contribution in [0.3, 0.4) is 0 Å². The van der Waals surface area contributed by atoms with Crippen molar-refractivity contribution in [2.45, 2.75) is 31.8 Å². The average Bonchev–Trinajstić information content (AvgIpc) is 2.47. The Morgan fingerprint density at radius 2 is 2.19 bits per heavy atom. The van der Waals surface area contributed by atoms with Gasteiger partial charge in [-0.15, -0.1) is 0 Å². The van der Waals surface area contributed by atoms with E-state index in [4.69, 9.17) is 4.74 Å². The number of pyridine rings is 1. The number of nitro groups is 1. The largest absolute Gasteiger partial charge is 0.489 e. The van der Waals surface area contributed by atoms with Crippen LogP contribution in [0.2, 0.25) is 0 Å². The molecule has 2 aromatic rings. The summed E-state index contributed by atoms with van der Waals surface area (Å²) in [7, 11) is 0. The van der Waals surface area contributed by atoms with Crippen molar-refractivity contribution in [2.75, 3.05) is 0 Å². The van der Waals surface area contributed by atoms with E-state index in [9.17, 15) is 14.9 Å². The van der Waals surface area contributed by atoms with Gasteiger partial charge in [0.15, 0.2) is 5.52 Å². The van der Waals surface area contributed by atoms with E-state index in [1.807, 2.05) is 0 Å². The normalized spacial score (nSPS) is 18.7. The highest BCUT2D eigenvalue weighted by Crippen LogP contribution is 2.33. The van der Waals surface area contributed by atoms with Crippen LogP contribution in [0.15, 0.2) is 30.5 Å². The number of rotatable bonds is 3. The van der Waals surface area contributed by atoms with Gasteiger partial charge in [0, 0.05) is 30.5 Å². The molecule has 1 aliphatic rings. The Kier molecular flexibility index (Phi) is 3.51. The molecule has 1 fully saturated rings. The molecule has 3 rings (SSSR count). The molecule has 21 heavy (non-hydrogen) atoms. The number of ether oxygens (including phenoxy) is 1. The molecule has 0 bridgehead atoms. The van der Waals surface area contributed by atoms with Crippen LogP contribution in [0, 0.1) is 10.1 Å². The van der Waals surface area contributed by atoms with Gasteiger partial charge in [0.05, 0.1) is 4.92 Å². The van der Waals surface area contributed by atoms with E-state index in [0.29, 0.717) is 29.5 Å². The molecule has 6 heteroatoms. The first-order valence-corrected chi connectivity index (χ1v) is 6.85. The van der Waals surface area contributed by atoms with Crippen molar-refractivity contribution in [1.82, 2.24) is 4.98 Å². The second-order valence-electron chi connectivity index (χ2n) is 5.11. The van der Waals surface area contributed by atoms with Crippen molar-refractivity contribution in [2.24, 2.45) is 0 Å². The molecule has 1 heterocycles. The molecular weight excluding hydrogens is 272 g/mol. The van der Waals surface area contributed by atoms with Crippen LogP contribution >= 0.6 is 0 Å². The summed E-state index contributed by atoms with van der Waals surface area (Å²) in [6.07, 6.45) is 4.03. The number of carbonyl (C=O) groups excluding carboxylic acids is 1. The number of aromatic nitrogens is 1. The van der Waals surface area contributed by atoms with Crippen LogP contribution in [0.1, 0.15) is 25.7 Å². The van der Waals surface area contributed by atoms with Crippen molar-refractivity contribution in [1.29, 1.82) is 0 Å². The van der Waals surface area contributed by atoms with Crippen molar-refractivity contribution >= 4 is 22.4 Å². The molecule has 1 aromatic carbocycles.